The van der Waals surface area contributed by atoms with Gasteiger partial charge in [-0.05, 0) is 37.1 Å². The molecule has 27 heavy (non-hydrogen) atoms. The zero-order valence-electron chi connectivity index (χ0n) is 15.5. The Morgan fingerprint density at radius 1 is 1.19 bits per heavy atom. The molecule has 1 aromatic carbocycles. The zero-order chi connectivity index (χ0) is 18.9. The molecule has 1 N–H and O–H groups in total. The number of aliphatic carboxylic acids is 1. The van der Waals surface area contributed by atoms with Crippen LogP contribution in [0.15, 0.2) is 24.3 Å². The third-order valence-electron chi connectivity index (χ3n) is 6.09. The number of benzene rings is 1. The molecular formula is C20H27FN2O4. The number of halogens is 1. The van der Waals surface area contributed by atoms with Crippen molar-refractivity contribution in [3.8, 4) is 0 Å². The number of hydrogen-bond donors (Lipinski definition) is 1. The van der Waals surface area contributed by atoms with Crippen molar-refractivity contribution < 1.29 is 23.8 Å². The summed E-state index contributed by atoms with van der Waals surface area (Å²) in [5.74, 6) is -1.29. The van der Waals surface area contributed by atoms with Gasteiger partial charge in [0.25, 0.3) is 0 Å². The summed E-state index contributed by atoms with van der Waals surface area (Å²) in [7, 11) is 0. The zero-order valence-corrected chi connectivity index (χ0v) is 15.5. The molecule has 3 fully saturated rings. The normalized spacial score (nSPS) is 31.2. The maximum atomic E-state index is 13.3. The predicted octanol–water partition coefficient (Wildman–Crippen LogP) is 1.91. The smallest absolute Gasteiger partial charge is 0.325 e. The van der Waals surface area contributed by atoms with E-state index in [-0.39, 0.29) is 11.4 Å². The Hall–Kier alpha value is -1.54. The van der Waals surface area contributed by atoms with Crippen LogP contribution < -0.4 is 0 Å². The van der Waals surface area contributed by atoms with Crippen LogP contribution >= 0.6 is 0 Å². The molecule has 3 heterocycles. The lowest BCUT2D eigenvalue weighted by molar-refractivity contribution is -0.152. The summed E-state index contributed by atoms with van der Waals surface area (Å²) < 4.78 is 25.2. The first kappa shape index (κ1) is 18.8. The summed E-state index contributed by atoms with van der Waals surface area (Å²) >= 11 is 0. The van der Waals surface area contributed by atoms with Gasteiger partial charge in [0.2, 0.25) is 0 Å². The van der Waals surface area contributed by atoms with Gasteiger partial charge in [-0.25, -0.2) is 4.39 Å². The first-order valence-corrected chi connectivity index (χ1v) is 9.74. The van der Waals surface area contributed by atoms with Crippen molar-refractivity contribution >= 4 is 5.97 Å². The van der Waals surface area contributed by atoms with E-state index in [9.17, 15) is 14.3 Å². The molecule has 7 heteroatoms. The monoisotopic (exact) mass is 378 g/mol. The molecule has 0 radical (unpaired) electrons. The van der Waals surface area contributed by atoms with Gasteiger partial charge in [0.1, 0.15) is 11.9 Å². The van der Waals surface area contributed by atoms with Crippen LogP contribution in [0.3, 0.4) is 0 Å². The average molecular weight is 378 g/mol. The molecule has 6 nitrogen and oxygen atoms in total. The number of morpholine rings is 1. The number of hydrogen-bond acceptors (Lipinski definition) is 5. The van der Waals surface area contributed by atoms with Crippen LogP contribution in [-0.2, 0) is 14.3 Å². The minimum atomic E-state index is -0.925. The van der Waals surface area contributed by atoms with Crippen molar-refractivity contribution in [1.82, 2.24) is 9.80 Å². The standard InChI is InChI=1S/C20H27FN2O4/c21-16-6-4-15(5-7-16)18(19(24)25)22-9-10-26-13-20(12-22)14-27-11-17-3-1-2-8-23(17)20/h4-7,17-18H,1-3,8-14H2,(H,24,25)/t17-,18?,20+/m1/s1. The molecule has 0 amide bonds. The molecule has 0 saturated carbocycles. The van der Waals surface area contributed by atoms with Gasteiger partial charge >= 0.3 is 5.97 Å². The Kier molecular flexibility index (Phi) is 5.45. The summed E-state index contributed by atoms with van der Waals surface area (Å²) in [5, 5.41) is 9.94. The maximum Gasteiger partial charge on any atom is 0.325 e. The largest absolute Gasteiger partial charge is 0.480 e. The minimum absolute atomic E-state index is 0.326. The van der Waals surface area contributed by atoms with Crippen LogP contribution in [0.1, 0.15) is 30.9 Å². The van der Waals surface area contributed by atoms with E-state index in [1.165, 1.54) is 18.6 Å². The first-order chi connectivity index (χ1) is 13.1. The van der Waals surface area contributed by atoms with Crippen LogP contribution in [0, 0.1) is 5.82 Å². The predicted molar refractivity (Wildman–Crippen MR) is 97.1 cm³/mol. The highest BCUT2D eigenvalue weighted by molar-refractivity contribution is 5.75. The van der Waals surface area contributed by atoms with Crippen molar-refractivity contribution in [2.75, 3.05) is 46.1 Å². The van der Waals surface area contributed by atoms with Crippen LogP contribution in [0.5, 0.6) is 0 Å². The number of carboxylic acids is 1. The van der Waals surface area contributed by atoms with Crippen molar-refractivity contribution in [1.29, 1.82) is 0 Å². The van der Waals surface area contributed by atoms with Gasteiger partial charge in [-0.1, -0.05) is 18.6 Å². The Morgan fingerprint density at radius 3 is 2.74 bits per heavy atom. The molecule has 1 spiro atoms. The maximum absolute atomic E-state index is 13.3. The quantitative estimate of drug-likeness (QED) is 0.867. The van der Waals surface area contributed by atoms with E-state index in [1.807, 2.05) is 4.90 Å². The van der Waals surface area contributed by atoms with E-state index in [2.05, 4.69) is 4.90 Å². The number of fused-ring (bicyclic) bond motifs is 2. The SMILES string of the molecule is O=C(O)C(c1ccc(F)cc1)N1CCOC[C@]2(COC[C@H]3CCCCN32)C1. The van der Waals surface area contributed by atoms with Crippen LogP contribution in [0.2, 0.25) is 0 Å². The summed E-state index contributed by atoms with van der Waals surface area (Å²) in [6.07, 6.45) is 3.47. The van der Waals surface area contributed by atoms with E-state index < -0.39 is 12.0 Å². The second-order valence-corrected chi connectivity index (χ2v) is 7.90. The molecular weight excluding hydrogens is 351 g/mol. The van der Waals surface area contributed by atoms with E-state index in [1.54, 1.807) is 12.1 Å². The molecule has 3 saturated heterocycles. The molecule has 0 aromatic heterocycles. The lowest BCUT2D eigenvalue weighted by atomic mass is 9.88. The Bertz CT molecular complexity index is 668. The van der Waals surface area contributed by atoms with Gasteiger partial charge in [-0.15, -0.1) is 0 Å². The van der Waals surface area contributed by atoms with E-state index in [0.717, 1.165) is 26.0 Å². The molecule has 3 aliphatic rings. The lowest BCUT2D eigenvalue weighted by Crippen LogP contribution is -2.68. The molecule has 4 rings (SSSR count). The molecule has 148 valence electrons. The van der Waals surface area contributed by atoms with Gasteiger partial charge in [-0.3, -0.25) is 14.6 Å². The van der Waals surface area contributed by atoms with Crippen LogP contribution in [-0.4, -0.2) is 78.5 Å². The highest BCUT2D eigenvalue weighted by Crippen LogP contribution is 2.35. The van der Waals surface area contributed by atoms with E-state index in [4.69, 9.17) is 9.47 Å². The molecule has 1 unspecified atom stereocenters. The van der Waals surface area contributed by atoms with Crippen molar-refractivity contribution in [3.63, 3.8) is 0 Å². The number of piperidine rings is 1. The molecule has 0 bridgehead atoms. The summed E-state index contributed by atoms with van der Waals surface area (Å²) in [5.41, 5.74) is 0.265. The number of carbonyl (C=O) groups is 1. The highest BCUT2D eigenvalue weighted by atomic mass is 19.1. The third kappa shape index (κ3) is 3.74. The van der Waals surface area contributed by atoms with E-state index in [0.29, 0.717) is 44.5 Å². The van der Waals surface area contributed by atoms with Gasteiger partial charge < -0.3 is 14.6 Å². The molecule has 1 aromatic rings. The number of carboxylic acid groups (broad SMARTS) is 1. The molecule has 3 atom stereocenters. The van der Waals surface area contributed by atoms with Crippen LogP contribution in [0.4, 0.5) is 4.39 Å². The minimum Gasteiger partial charge on any atom is -0.480 e. The molecule has 3 aliphatic heterocycles. The second kappa shape index (κ2) is 7.83. The van der Waals surface area contributed by atoms with Crippen molar-refractivity contribution in [3.05, 3.63) is 35.6 Å². The summed E-state index contributed by atoms with van der Waals surface area (Å²) in [6.45, 7) is 4.41. The van der Waals surface area contributed by atoms with Crippen LogP contribution in [0.25, 0.3) is 0 Å². The Balaban J connectivity index is 1.63. The fourth-order valence-electron chi connectivity index (χ4n) is 4.85. The molecule has 0 aliphatic carbocycles. The first-order valence-electron chi connectivity index (χ1n) is 9.74. The second-order valence-electron chi connectivity index (χ2n) is 7.90. The summed E-state index contributed by atoms with van der Waals surface area (Å²) in [6, 6.07) is 5.32. The number of nitrogens with zero attached hydrogens (tertiary/aromatic N) is 2. The number of rotatable bonds is 3. The van der Waals surface area contributed by atoms with Gasteiger partial charge in [0, 0.05) is 19.1 Å². The van der Waals surface area contributed by atoms with Gasteiger partial charge in [-0.2, -0.15) is 0 Å². The summed E-state index contributed by atoms with van der Waals surface area (Å²) in [4.78, 5) is 16.6. The van der Waals surface area contributed by atoms with E-state index >= 15 is 0 Å². The Labute approximate surface area is 158 Å². The Morgan fingerprint density at radius 2 is 1.96 bits per heavy atom. The average Bonchev–Trinajstić information content (AvgIpc) is 2.87. The van der Waals surface area contributed by atoms with Crippen molar-refractivity contribution in [2.24, 2.45) is 0 Å². The van der Waals surface area contributed by atoms with Gasteiger partial charge in [0.05, 0.1) is 32.0 Å². The lowest BCUT2D eigenvalue weighted by Gasteiger charge is -2.53. The fraction of sp³-hybridized carbons (Fsp3) is 0.650. The topological polar surface area (TPSA) is 62.2 Å². The number of ether oxygens (including phenoxy) is 2. The third-order valence-corrected chi connectivity index (χ3v) is 6.09. The van der Waals surface area contributed by atoms with Gasteiger partial charge in [0.15, 0.2) is 0 Å². The van der Waals surface area contributed by atoms with Crippen molar-refractivity contribution in [2.45, 2.75) is 36.9 Å². The fourth-order valence-corrected chi connectivity index (χ4v) is 4.85. The highest BCUT2D eigenvalue weighted by Gasteiger charge is 2.48.